The van der Waals surface area contributed by atoms with Crippen molar-refractivity contribution in [3.8, 4) is 0 Å². The van der Waals surface area contributed by atoms with E-state index in [9.17, 15) is 14.0 Å². The maximum atomic E-state index is 14.0. The van der Waals surface area contributed by atoms with Gasteiger partial charge in [-0.2, -0.15) is 0 Å². The van der Waals surface area contributed by atoms with Crippen molar-refractivity contribution >= 4 is 29.2 Å². The average Bonchev–Trinajstić information content (AvgIpc) is 2.61. The number of rotatable bonds is 2. The van der Waals surface area contributed by atoms with Crippen molar-refractivity contribution in [1.82, 2.24) is 0 Å². The van der Waals surface area contributed by atoms with Gasteiger partial charge >= 0.3 is 5.97 Å². The Morgan fingerprint density at radius 1 is 1.21 bits per heavy atom. The summed E-state index contributed by atoms with van der Waals surface area (Å²) in [6.45, 7) is 0.447. The molecule has 4 nitrogen and oxygen atoms in total. The molecule has 1 amide bonds. The van der Waals surface area contributed by atoms with Crippen molar-refractivity contribution in [3.63, 3.8) is 0 Å². The Kier molecular flexibility index (Phi) is 4.53. The number of carbonyl (C=O) groups is 2. The van der Waals surface area contributed by atoms with Crippen LogP contribution in [0.2, 0.25) is 5.02 Å². The molecule has 3 rings (SSSR count). The highest BCUT2D eigenvalue weighted by atomic mass is 35.5. The van der Waals surface area contributed by atoms with Crippen LogP contribution in [0.5, 0.6) is 0 Å². The van der Waals surface area contributed by atoms with Crippen molar-refractivity contribution in [2.75, 3.05) is 18.6 Å². The standard InChI is InChI=1S/C18H15ClFNO3/c1-24-18(23)13-4-2-6-16-12(13)5-3-9-21(16)17(22)14-10-11(19)7-8-15(14)20/h2,4,6-8,10H,3,5,9H2,1H3. The van der Waals surface area contributed by atoms with Gasteiger partial charge in [-0.1, -0.05) is 17.7 Å². The first-order valence-electron chi connectivity index (χ1n) is 7.50. The minimum atomic E-state index is -0.624. The number of anilines is 1. The number of fused-ring (bicyclic) bond motifs is 1. The molecule has 1 heterocycles. The second kappa shape index (κ2) is 6.61. The molecule has 2 aromatic rings. The zero-order valence-corrected chi connectivity index (χ0v) is 13.8. The van der Waals surface area contributed by atoms with Crippen LogP contribution in [-0.4, -0.2) is 25.5 Å². The highest BCUT2D eigenvalue weighted by Crippen LogP contribution is 2.32. The molecule has 0 bridgehead atoms. The molecular weight excluding hydrogens is 333 g/mol. The van der Waals surface area contributed by atoms with Crippen LogP contribution in [0, 0.1) is 5.82 Å². The summed E-state index contributed by atoms with van der Waals surface area (Å²) in [4.78, 5) is 26.2. The SMILES string of the molecule is COC(=O)c1cccc2c1CCCN2C(=O)c1cc(Cl)ccc1F. The predicted molar refractivity (Wildman–Crippen MR) is 89.2 cm³/mol. The third-order valence-electron chi connectivity index (χ3n) is 4.06. The second-order valence-corrected chi connectivity index (χ2v) is 5.92. The summed E-state index contributed by atoms with van der Waals surface area (Å²) < 4.78 is 18.8. The maximum Gasteiger partial charge on any atom is 0.338 e. The zero-order chi connectivity index (χ0) is 17.3. The first-order chi connectivity index (χ1) is 11.5. The van der Waals surface area contributed by atoms with Crippen molar-refractivity contribution in [1.29, 1.82) is 0 Å². The lowest BCUT2D eigenvalue weighted by Gasteiger charge is -2.30. The molecule has 0 aliphatic carbocycles. The Morgan fingerprint density at radius 2 is 2.00 bits per heavy atom. The molecule has 0 N–H and O–H groups in total. The highest BCUT2D eigenvalue weighted by molar-refractivity contribution is 6.31. The zero-order valence-electron chi connectivity index (χ0n) is 13.0. The molecule has 0 atom stereocenters. The molecule has 0 spiro atoms. The van der Waals surface area contributed by atoms with Gasteiger partial charge in [-0.05, 0) is 48.7 Å². The quantitative estimate of drug-likeness (QED) is 0.775. The average molecular weight is 348 g/mol. The van der Waals surface area contributed by atoms with Crippen molar-refractivity contribution in [2.45, 2.75) is 12.8 Å². The molecular formula is C18H15ClFNO3. The molecule has 1 aliphatic rings. The second-order valence-electron chi connectivity index (χ2n) is 5.48. The largest absolute Gasteiger partial charge is 0.465 e. The van der Waals surface area contributed by atoms with Crippen LogP contribution < -0.4 is 4.90 Å². The normalized spacial score (nSPS) is 13.4. The number of carbonyl (C=O) groups excluding carboxylic acids is 2. The third-order valence-corrected chi connectivity index (χ3v) is 4.29. The molecule has 0 saturated heterocycles. The van der Waals surface area contributed by atoms with E-state index >= 15 is 0 Å². The maximum absolute atomic E-state index is 14.0. The lowest BCUT2D eigenvalue weighted by Crippen LogP contribution is -2.36. The lowest BCUT2D eigenvalue weighted by molar-refractivity contribution is 0.0599. The van der Waals surface area contributed by atoms with Crippen LogP contribution >= 0.6 is 11.6 Å². The molecule has 0 aromatic heterocycles. The lowest BCUT2D eigenvalue weighted by atomic mass is 9.95. The molecule has 6 heteroatoms. The number of nitrogens with zero attached hydrogens (tertiary/aromatic N) is 1. The van der Waals surface area contributed by atoms with Crippen molar-refractivity contribution in [3.05, 3.63) is 63.9 Å². The van der Waals surface area contributed by atoms with Gasteiger partial charge in [-0.15, -0.1) is 0 Å². The van der Waals surface area contributed by atoms with E-state index in [-0.39, 0.29) is 5.56 Å². The van der Waals surface area contributed by atoms with E-state index in [2.05, 4.69) is 0 Å². The summed E-state index contributed by atoms with van der Waals surface area (Å²) in [5, 5.41) is 0.292. The van der Waals surface area contributed by atoms with Gasteiger partial charge in [0, 0.05) is 17.3 Å². The number of hydrogen-bond donors (Lipinski definition) is 0. The van der Waals surface area contributed by atoms with Gasteiger partial charge in [-0.25, -0.2) is 9.18 Å². The molecule has 1 aliphatic heterocycles. The molecule has 0 fully saturated rings. The van der Waals surface area contributed by atoms with Crippen LogP contribution in [0.1, 0.15) is 32.7 Å². The van der Waals surface area contributed by atoms with E-state index in [0.29, 0.717) is 35.7 Å². The monoisotopic (exact) mass is 347 g/mol. The Hall–Kier alpha value is -2.40. The number of hydrogen-bond acceptors (Lipinski definition) is 3. The van der Waals surface area contributed by atoms with Gasteiger partial charge in [-0.3, -0.25) is 4.79 Å². The number of esters is 1. The van der Waals surface area contributed by atoms with Gasteiger partial charge < -0.3 is 9.64 Å². The first-order valence-corrected chi connectivity index (χ1v) is 7.88. The van der Waals surface area contributed by atoms with E-state index in [0.717, 1.165) is 5.56 Å². The van der Waals surface area contributed by atoms with E-state index in [4.69, 9.17) is 16.3 Å². The molecule has 2 aromatic carbocycles. The smallest absolute Gasteiger partial charge is 0.338 e. The van der Waals surface area contributed by atoms with Crippen molar-refractivity contribution in [2.24, 2.45) is 0 Å². The summed E-state index contributed by atoms with van der Waals surface area (Å²) >= 11 is 5.89. The fraction of sp³-hybridized carbons (Fsp3) is 0.222. The Bertz CT molecular complexity index is 822. The molecule has 0 radical (unpaired) electrons. The van der Waals surface area contributed by atoms with Crippen LogP contribution in [0.15, 0.2) is 36.4 Å². The number of ether oxygens (including phenoxy) is 1. The Morgan fingerprint density at radius 3 is 2.75 bits per heavy atom. The van der Waals surface area contributed by atoms with E-state index < -0.39 is 17.7 Å². The van der Waals surface area contributed by atoms with Gasteiger partial charge in [0.05, 0.1) is 18.2 Å². The first kappa shape index (κ1) is 16.5. The topological polar surface area (TPSA) is 46.6 Å². The minimum Gasteiger partial charge on any atom is -0.465 e. The fourth-order valence-electron chi connectivity index (χ4n) is 2.94. The van der Waals surface area contributed by atoms with Crippen LogP contribution in [0.3, 0.4) is 0 Å². The fourth-order valence-corrected chi connectivity index (χ4v) is 3.12. The van der Waals surface area contributed by atoms with Gasteiger partial charge in [0.25, 0.3) is 5.91 Å². The summed E-state index contributed by atoms with van der Waals surface area (Å²) in [5.41, 5.74) is 1.69. The Labute approximate surface area is 143 Å². The number of benzene rings is 2. The van der Waals surface area contributed by atoms with Gasteiger partial charge in [0.15, 0.2) is 0 Å². The number of amides is 1. The van der Waals surface area contributed by atoms with Gasteiger partial charge in [0.2, 0.25) is 0 Å². The van der Waals surface area contributed by atoms with Crippen LogP contribution in [0.25, 0.3) is 0 Å². The molecule has 24 heavy (non-hydrogen) atoms. The van der Waals surface area contributed by atoms with E-state index in [1.165, 1.54) is 30.2 Å². The van der Waals surface area contributed by atoms with E-state index in [1.807, 2.05) is 0 Å². The van der Waals surface area contributed by atoms with Crippen molar-refractivity contribution < 1.29 is 18.7 Å². The third kappa shape index (κ3) is 2.87. The highest BCUT2D eigenvalue weighted by Gasteiger charge is 2.28. The summed E-state index contributed by atoms with van der Waals surface area (Å²) in [6, 6.07) is 8.99. The van der Waals surface area contributed by atoms with Crippen LogP contribution in [0.4, 0.5) is 10.1 Å². The predicted octanol–water partition coefficient (Wildman–Crippen LogP) is 3.86. The molecule has 0 unspecified atom stereocenters. The van der Waals surface area contributed by atoms with Crippen LogP contribution in [-0.2, 0) is 11.2 Å². The molecule has 124 valence electrons. The van der Waals surface area contributed by atoms with Gasteiger partial charge in [0.1, 0.15) is 5.82 Å². The van der Waals surface area contributed by atoms with E-state index in [1.54, 1.807) is 18.2 Å². The summed E-state index contributed by atoms with van der Waals surface area (Å²) in [7, 11) is 1.31. The summed E-state index contributed by atoms with van der Waals surface area (Å²) in [5.74, 6) is -1.55. The summed E-state index contributed by atoms with van der Waals surface area (Å²) in [6.07, 6.45) is 1.33. The molecule has 0 saturated carbocycles. The number of halogens is 2. The number of methoxy groups -OCH3 is 1. The minimum absolute atomic E-state index is 0.0844. The Balaban J connectivity index is 2.05.